The minimum atomic E-state index is -0.358. The van der Waals surface area contributed by atoms with E-state index in [4.69, 9.17) is 0 Å². The van der Waals surface area contributed by atoms with Crippen LogP contribution in [0.25, 0.3) is 0 Å². The molecule has 1 aromatic heterocycles. The van der Waals surface area contributed by atoms with E-state index in [-0.39, 0.29) is 17.7 Å². The fourth-order valence-corrected chi connectivity index (χ4v) is 1.87. The van der Waals surface area contributed by atoms with Crippen molar-refractivity contribution in [1.29, 1.82) is 0 Å². The SMILES string of the molecule is O=C(NC(=O)C1CCCNC1)c1ccncc1. The number of nitrogens with one attached hydrogen (secondary N) is 2. The molecule has 1 aliphatic rings. The van der Waals surface area contributed by atoms with Crippen LogP contribution in [-0.2, 0) is 4.79 Å². The second-order valence-corrected chi connectivity index (χ2v) is 4.10. The van der Waals surface area contributed by atoms with Gasteiger partial charge in [0.25, 0.3) is 5.91 Å². The molecule has 0 saturated carbocycles. The van der Waals surface area contributed by atoms with Crippen molar-refractivity contribution in [1.82, 2.24) is 15.6 Å². The summed E-state index contributed by atoms with van der Waals surface area (Å²) < 4.78 is 0. The van der Waals surface area contributed by atoms with E-state index in [2.05, 4.69) is 15.6 Å². The van der Waals surface area contributed by atoms with Crippen LogP contribution in [0.4, 0.5) is 0 Å². The van der Waals surface area contributed by atoms with Crippen LogP contribution in [0.2, 0.25) is 0 Å². The van der Waals surface area contributed by atoms with Gasteiger partial charge in [-0.2, -0.15) is 0 Å². The molecule has 2 rings (SSSR count). The first-order chi connectivity index (χ1) is 8.27. The van der Waals surface area contributed by atoms with Gasteiger partial charge in [0.2, 0.25) is 5.91 Å². The molecule has 0 spiro atoms. The van der Waals surface area contributed by atoms with Crippen LogP contribution >= 0.6 is 0 Å². The largest absolute Gasteiger partial charge is 0.316 e. The molecule has 0 bridgehead atoms. The molecule has 5 nitrogen and oxygen atoms in total. The number of rotatable bonds is 2. The Bertz CT molecular complexity index is 399. The number of carbonyl (C=O) groups excluding carboxylic acids is 2. The molecule has 1 fully saturated rings. The number of imide groups is 1. The van der Waals surface area contributed by atoms with E-state index in [1.165, 1.54) is 12.4 Å². The number of pyridine rings is 1. The fraction of sp³-hybridized carbons (Fsp3) is 0.417. The lowest BCUT2D eigenvalue weighted by Crippen LogP contribution is -2.42. The molecule has 2 N–H and O–H groups in total. The molecule has 1 aliphatic heterocycles. The summed E-state index contributed by atoms with van der Waals surface area (Å²) in [6, 6.07) is 3.17. The van der Waals surface area contributed by atoms with E-state index in [0.29, 0.717) is 12.1 Å². The summed E-state index contributed by atoms with van der Waals surface area (Å²) in [6.07, 6.45) is 4.87. The highest BCUT2D eigenvalue weighted by molar-refractivity contribution is 6.05. The third kappa shape index (κ3) is 3.10. The fourth-order valence-electron chi connectivity index (χ4n) is 1.87. The molecule has 2 heterocycles. The number of piperidine rings is 1. The Morgan fingerprint density at radius 2 is 2.12 bits per heavy atom. The van der Waals surface area contributed by atoms with Crippen molar-refractivity contribution in [3.05, 3.63) is 30.1 Å². The van der Waals surface area contributed by atoms with E-state index < -0.39 is 0 Å². The van der Waals surface area contributed by atoms with Crippen molar-refractivity contribution in [2.24, 2.45) is 5.92 Å². The molecule has 5 heteroatoms. The molecule has 90 valence electrons. The number of nitrogens with zero attached hydrogens (tertiary/aromatic N) is 1. The third-order valence-electron chi connectivity index (χ3n) is 2.85. The number of amides is 2. The maximum atomic E-state index is 11.8. The predicted molar refractivity (Wildman–Crippen MR) is 62.3 cm³/mol. The normalized spacial score (nSPS) is 19.6. The Balaban J connectivity index is 1.92. The van der Waals surface area contributed by atoms with Crippen molar-refractivity contribution in [2.45, 2.75) is 12.8 Å². The minimum Gasteiger partial charge on any atom is -0.316 e. The van der Waals surface area contributed by atoms with Gasteiger partial charge in [-0.05, 0) is 31.5 Å². The second-order valence-electron chi connectivity index (χ2n) is 4.10. The van der Waals surface area contributed by atoms with Crippen LogP contribution in [0.1, 0.15) is 23.2 Å². The lowest BCUT2D eigenvalue weighted by Gasteiger charge is -2.21. The van der Waals surface area contributed by atoms with E-state index >= 15 is 0 Å². The van der Waals surface area contributed by atoms with Crippen LogP contribution in [-0.4, -0.2) is 29.9 Å². The van der Waals surface area contributed by atoms with E-state index in [1.54, 1.807) is 12.1 Å². The Labute approximate surface area is 99.6 Å². The summed E-state index contributed by atoms with van der Waals surface area (Å²) in [5.41, 5.74) is 0.456. The average molecular weight is 233 g/mol. The first kappa shape index (κ1) is 11.7. The first-order valence-corrected chi connectivity index (χ1v) is 5.73. The van der Waals surface area contributed by atoms with E-state index in [1.807, 2.05) is 0 Å². The molecular weight excluding hydrogens is 218 g/mol. The Morgan fingerprint density at radius 3 is 2.76 bits per heavy atom. The molecule has 1 aromatic rings. The quantitative estimate of drug-likeness (QED) is 0.722. The molecular formula is C12H15N3O2. The van der Waals surface area contributed by atoms with E-state index in [9.17, 15) is 9.59 Å². The van der Waals surface area contributed by atoms with Gasteiger partial charge in [0.05, 0.1) is 5.92 Å². The maximum Gasteiger partial charge on any atom is 0.257 e. The van der Waals surface area contributed by atoms with Gasteiger partial charge in [0.15, 0.2) is 0 Å². The predicted octanol–water partition coefficient (Wildman–Crippen LogP) is 0.338. The highest BCUT2D eigenvalue weighted by Crippen LogP contribution is 2.10. The van der Waals surface area contributed by atoms with Gasteiger partial charge in [-0.1, -0.05) is 0 Å². The second kappa shape index (κ2) is 5.54. The van der Waals surface area contributed by atoms with Crippen LogP contribution in [0, 0.1) is 5.92 Å². The Kier molecular flexibility index (Phi) is 3.82. The van der Waals surface area contributed by atoms with Crippen molar-refractivity contribution in [2.75, 3.05) is 13.1 Å². The summed E-state index contributed by atoms with van der Waals surface area (Å²) in [5, 5.41) is 5.57. The smallest absolute Gasteiger partial charge is 0.257 e. The number of hydrogen-bond acceptors (Lipinski definition) is 4. The van der Waals surface area contributed by atoms with Crippen molar-refractivity contribution in [3.8, 4) is 0 Å². The third-order valence-corrected chi connectivity index (χ3v) is 2.85. The summed E-state index contributed by atoms with van der Waals surface area (Å²) in [5.74, 6) is -0.656. The number of carbonyl (C=O) groups is 2. The van der Waals surface area contributed by atoms with Gasteiger partial charge in [0, 0.05) is 24.5 Å². The topological polar surface area (TPSA) is 71.1 Å². The lowest BCUT2D eigenvalue weighted by atomic mass is 9.99. The van der Waals surface area contributed by atoms with Crippen molar-refractivity contribution < 1.29 is 9.59 Å². The van der Waals surface area contributed by atoms with E-state index in [0.717, 1.165) is 19.4 Å². The highest BCUT2D eigenvalue weighted by atomic mass is 16.2. The van der Waals surface area contributed by atoms with Gasteiger partial charge >= 0.3 is 0 Å². The Morgan fingerprint density at radius 1 is 1.35 bits per heavy atom. The van der Waals surface area contributed by atoms with Gasteiger partial charge in [-0.15, -0.1) is 0 Å². The summed E-state index contributed by atoms with van der Waals surface area (Å²) in [7, 11) is 0. The van der Waals surface area contributed by atoms with Crippen molar-refractivity contribution in [3.63, 3.8) is 0 Å². The molecule has 2 amide bonds. The standard InChI is InChI=1S/C12H15N3O2/c16-11(9-3-6-13-7-4-9)15-12(17)10-2-1-5-14-8-10/h3-4,6-7,10,14H,1-2,5,8H2,(H,15,16,17). The molecule has 1 saturated heterocycles. The Hall–Kier alpha value is -1.75. The van der Waals surface area contributed by atoms with Crippen molar-refractivity contribution >= 4 is 11.8 Å². The monoisotopic (exact) mass is 233 g/mol. The summed E-state index contributed by atoms with van der Waals surface area (Å²) in [6.45, 7) is 1.59. The highest BCUT2D eigenvalue weighted by Gasteiger charge is 2.22. The van der Waals surface area contributed by atoms with Gasteiger partial charge in [0.1, 0.15) is 0 Å². The number of aromatic nitrogens is 1. The minimum absolute atomic E-state index is 0.102. The van der Waals surface area contributed by atoms with Crippen LogP contribution in [0.3, 0.4) is 0 Å². The number of hydrogen-bond donors (Lipinski definition) is 2. The molecule has 0 radical (unpaired) electrons. The molecule has 17 heavy (non-hydrogen) atoms. The molecule has 1 atom stereocenters. The maximum absolute atomic E-state index is 11.8. The molecule has 0 aromatic carbocycles. The zero-order valence-electron chi connectivity index (χ0n) is 9.48. The first-order valence-electron chi connectivity index (χ1n) is 5.73. The van der Waals surface area contributed by atoms with Crippen LogP contribution in [0.5, 0.6) is 0 Å². The zero-order chi connectivity index (χ0) is 12.1. The molecule has 1 unspecified atom stereocenters. The molecule has 0 aliphatic carbocycles. The van der Waals surface area contributed by atoms with Gasteiger partial charge in [-0.3, -0.25) is 19.9 Å². The summed E-state index contributed by atoms with van der Waals surface area (Å²) >= 11 is 0. The van der Waals surface area contributed by atoms with Gasteiger partial charge in [-0.25, -0.2) is 0 Å². The summed E-state index contributed by atoms with van der Waals surface area (Å²) in [4.78, 5) is 27.3. The van der Waals surface area contributed by atoms with Crippen LogP contribution in [0.15, 0.2) is 24.5 Å². The van der Waals surface area contributed by atoms with Gasteiger partial charge < -0.3 is 5.32 Å². The average Bonchev–Trinajstić information content (AvgIpc) is 2.40. The van der Waals surface area contributed by atoms with Crippen LogP contribution < -0.4 is 10.6 Å². The lowest BCUT2D eigenvalue weighted by molar-refractivity contribution is -0.124. The zero-order valence-corrected chi connectivity index (χ0v) is 9.48.